The highest BCUT2D eigenvalue weighted by Crippen LogP contribution is 2.41. The first kappa shape index (κ1) is 36.7. The summed E-state index contributed by atoms with van der Waals surface area (Å²) in [6.07, 6.45) is 0. The van der Waals surface area contributed by atoms with Gasteiger partial charge in [0.2, 0.25) is 0 Å². The van der Waals surface area contributed by atoms with Crippen LogP contribution in [-0.2, 0) is 19.2 Å². The second-order valence-corrected chi connectivity index (χ2v) is 12.5. The number of ether oxygens (including phenoxy) is 4. The normalized spacial score (nSPS) is 14.1. The number of carbonyl (C=O) groups is 6. The van der Waals surface area contributed by atoms with E-state index in [0.717, 1.165) is 9.80 Å². The van der Waals surface area contributed by atoms with Crippen LogP contribution in [0.1, 0.15) is 31.8 Å². The minimum atomic E-state index is -1.01. The van der Waals surface area contributed by atoms with E-state index in [0.29, 0.717) is 34.1 Å². The van der Waals surface area contributed by atoms with E-state index in [9.17, 15) is 28.8 Å². The molecule has 0 saturated carbocycles. The van der Waals surface area contributed by atoms with Crippen molar-refractivity contribution in [1.29, 1.82) is 0 Å². The second-order valence-electron chi connectivity index (χ2n) is 12.5. The summed E-state index contributed by atoms with van der Waals surface area (Å²) in [6, 6.07) is 31.3. The summed E-state index contributed by atoms with van der Waals surface area (Å²) in [7, 11) is 5.96. The van der Waals surface area contributed by atoms with Gasteiger partial charge in [0.1, 0.15) is 34.1 Å². The van der Waals surface area contributed by atoms with Crippen molar-refractivity contribution in [3.8, 4) is 23.0 Å². The van der Waals surface area contributed by atoms with E-state index in [1.54, 1.807) is 72.8 Å². The number of Topliss-reactive ketones (excluding diaryl/α,β-unsaturated/α-hetero) is 4. The fourth-order valence-electron chi connectivity index (χ4n) is 6.54. The highest BCUT2D eigenvalue weighted by Gasteiger charge is 2.45. The fourth-order valence-corrected chi connectivity index (χ4v) is 6.54. The number of anilines is 2. The van der Waals surface area contributed by atoms with Crippen LogP contribution in [-0.4, -0.2) is 63.4 Å². The standard InChI is InChI=1S/C44H32N2O10/c1-53-31-17-5-25(6-18-31)37-35(39(47)27-9-21-33(55-3)22-10-27)41(49)43(51)45(37)29-13-15-30(16-14-29)46-38(26-7-19-32(54-2)20-8-26)36(42(50)44(46)52)40(48)28-11-23-34(56-4)24-12-28/h5-24H,1-4H3. The van der Waals surface area contributed by atoms with Crippen molar-refractivity contribution in [2.75, 3.05) is 38.2 Å². The van der Waals surface area contributed by atoms with Crippen LogP contribution in [0, 0.1) is 0 Å². The maximum absolute atomic E-state index is 14.0. The molecule has 0 aromatic heterocycles. The van der Waals surface area contributed by atoms with Gasteiger partial charge in [0.05, 0.1) is 39.8 Å². The summed E-state index contributed by atoms with van der Waals surface area (Å²) >= 11 is 0. The molecule has 5 aromatic rings. The Balaban J connectivity index is 1.33. The summed E-state index contributed by atoms with van der Waals surface area (Å²) in [5.41, 5.74) is 0.929. The fraction of sp³-hybridized carbons (Fsp3) is 0.0909. The second kappa shape index (κ2) is 15.0. The molecule has 0 fully saturated rings. The van der Waals surface area contributed by atoms with Crippen molar-refractivity contribution < 1.29 is 47.7 Å². The third kappa shape index (κ3) is 6.38. The zero-order valence-electron chi connectivity index (χ0n) is 30.5. The van der Waals surface area contributed by atoms with Crippen LogP contribution in [0.5, 0.6) is 23.0 Å². The quantitative estimate of drug-likeness (QED) is 0.0829. The van der Waals surface area contributed by atoms with Gasteiger partial charge in [-0.05, 0) is 132 Å². The number of nitrogens with zero attached hydrogens (tertiary/aromatic N) is 2. The highest BCUT2D eigenvalue weighted by atomic mass is 16.5. The molecular weight excluding hydrogens is 716 g/mol. The van der Waals surface area contributed by atoms with Crippen molar-refractivity contribution in [2.24, 2.45) is 0 Å². The molecule has 0 unspecified atom stereocenters. The minimum Gasteiger partial charge on any atom is -0.497 e. The SMILES string of the molecule is COc1ccc(C(=O)C2=C(c3ccc(OC)cc3)N(c3ccc(N4C(=O)C(=O)C(C(=O)c5ccc(OC)cc5)=C4c4ccc(OC)cc4)cc3)C(=O)C2=O)cc1. The van der Waals surface area contributed by atoms with Gasteiger partial charge >= 0.3 is 11.8 Å². The molecule has 0 spiro atoms. The van der Waals surface area contributed by atoms with Gasteiger partial charge in [-0.3, -0.25) is 38.6 Å². The number of hydrogen-bond acceptors (Lipinski definition) is 10. The van der Waals surface area contributed by atoms with E-state index >= 15 is 0 Å². The number of benzene rings is 5. The average molecular weight is 749 g/mol. The lowest BCUT2D eigenvalue weighted by molar-refractivity contribution is -0.132. The van der Waals surface area contributed by atoms with E-state index in [4.69, 9.17) is 18.9 Å². The zero-order chi connectivity index (χ0) is 39.7. The largest absolute Gasteiger partial charge is 0.497 e. The molecule has 2 aliphatic rings. The van der Waals surface area contributed by atoms with Gasteiger partial charge in [0.25, 0.3) is 11.6 Å². The van der Waals surface area contributed by atoms with Crippen molar-refractivity contribution in [3.05, 3.63) is 155 Å². The van der Waals surface area contributed by atoms with Crippen molar-refractivity contribution in [3.63, 3.8) is 0 Å². The number of amides is 2. The first-order chi connectivity index (χ1) is 27.1. The monoisotopic (exact) mass is 748 g/mol. The van der Waals surface area contributed by atoms with Crippen LogP contribution in [0.25, 0.3) is 11.4 Å². The average Bonchev–Trinajstić information content (AvgIpc) is 3.67. The van der Waals surface area contributed by atoms with Crippen LogP contribution < -0.4 is 28.7 Å². The number of hydrogen-bond donors (Lipinski definition) is 0. The van der Waals surface area contributed by atoms with Crippen LogP contribution in [0.15, 0.2) is 132 Å². The van der Waals surface area contributed by atoms with Crippen molar-refractivity contribution in [2.45, 2.75) is 0 Å². The Morgan fingerprint density at radius 2 is 0.661 bits per heavy atom. The number of methoxy groups -OCH3 is 4. The molecule has 7 rings (SSSR count). The lowest BCUT2D eigenvalue weighted by Crippen LogP contribution is -2.29. The Bertz CT molecular complexity index is 2310. The van der Waals surface area contributed by atoms with E-state index in [2.05, 4.69) is 0 Å². The first-order valence-electron chi connectivity index (χ1n) is 17.1. The molecule has 0 aliphatic carbocycles. The van der Waals surface area contributed by atoms with E-state index in [1.807, 2.05) is 0 Å². The van der Waals surface area contributed by atoms with Crippen LogP contribution >= 0.6 is 0 Å². The Hall–Kier alpha value is -7.60. The van der Waals surface area contributed by atoms with Gasteiger partial charge in [0.15, 0.2) is 11.6 Å². The zero-order valence-corrected chi connectivity index (χ0v) is 30.5. The molecule has 0 radical (unpaired) electrons. The van der Waals surface area contributed by atoms with Crippen molar-refractivity contribution in [1.82, 2.24) is 0 Å². The maximum atomic E-state index is 14.0. The minimum absolute atomic E-state index is 0.0508. The van der Waals surface area contributed by atoms with Gasteiger partial charge in [0, 0.05) is 22.5 Å². The van der Waals surface area contributed by atoms with Gasteiger partial charge in [-0.15, -0.1) is 0 Å². The molecule has 0 N–H and O–H groups in total. The summed E-state index contributed by atoms with van der Waals surface area (Å²) in [4.78, 5) is 85.3. The van der Waals surface area contributed by atoms with Crippen LogP contribution in [0.4, 0.5) is 11.4 Å². The lowest BCUT2D eigenvalue weighted by atomic mass is 9.97. The molecule has 56 heavy (non-hydrogen) atoms. The number of rotatable bonds is 12. The molecule has 0 bridgehead atoms. The molecule has 2 amide bonds. The topological polar surface area (TPSA) is 146 Å². The predicted molar refractivity (Wildman–Crippen MR) is 206 cm³/mol. The lowest BCUT2D eigenvalue weighted by Gasteiger charge is -2.23. The number of ketones is 4. The van der Waals surface area contributed by atoms with Gasteiger partial charge in [-0.1, -0.05) is 0 Å². The Kier molecular flexibility index (Phi) is 9.86. The summed E-state index contributed by atoms with van der Waals surface area (Å²) in [5.74, 6) is -3.26. The van der Waals surface area contributed by atoms with Crippen LogP contribution in [0.2, 0.25) is 0 Å². The van der Waals surface area contributed by atoms with Crippen LogP contribution in [0.3, 0.4) is 0 Å². The molecule has 0 saturated heterocycles. The van der Waals surface area contributed by atoms with E-state index in [1.165, 1.54) is 77.0 Å². The van der Waals surface area contributed by atoms with Gasteiger partial charge in [-0.25, -0.2) is 0 Å². The smallest absolute Gasteiger partial charge is 0.304 e. The molecule has 2 heterocycles. The number of carbonyl (C=O) groups excluding carboxylic acids is 6. The summed E-state index contributed by atoms with van der Waals surface area (Å²) in [5, 5.41) is 0. The van der Waals surface area contributed by atoms with E-state index in [-0.39, 0.29) is 45.0 Å². The predicted octanol–water partition coefficient (Wildman–Crippen LogP) is 6.14. The molecule has 12 nitrogen and oxygen atoms in total. The summed E-state index contributed by atoms with van der Waals surface area (Å²) in [6.45, 7) is 0. The highest BCUT2D eigenvalue weighted by molar-refractivity contribution is 6.62. The van der Waals surface area contributed by atoms with Gasteiger partial charge < -0.3 is 18.9 Å². The third-order valence-electron chi connectivity index (χ3n) is 9.42. The molecule has 0 atom stereocenters. The molecule has 5 aromatic carbocycles. The van der Waals surface area contributed by atoms with Gasteiger partial charge in [-0.2, -0.15) is 0 Å². The Morgan fingerprint density at radius 1 is 0.393 bits per heavy atom. The third-order valence-corrected chi connectivity index (χ3v) is 9.42. The molecule has 278 valence electrons. The van der Waals surface area contributed by atoms with Crippen molar-refractivity contribution >= 4 is 57.7 Å². The maximum Gasteiger partial charge on any atom is 0.304 e. The Morgan fingerprint density at radius 3 is 0.929 bits per heavy atom. The molecule has 12 heteroatoms. The van der Waals surface area contributed by atoms with E-state index < -0.39 is 34.9 Å². The Labute approximate surface area is 320 Å². The molecule has 2 aliphatic heterocycles. The first-order valence-corrected chi connectivity index (χ1v) is 17.1. The molecular formula is C44H32N2O10. The summed E-state index contributed by atoms with van der Waals surface area (Å²) < 4.78 is 21.0.